The van der Waals surface area contributed by atoms with Gasteiger partial charge in [-0.05, 0) is 30.4 Å². The van der Waals surface area contributed by atoms with Gasteiger partial charge in [0.25, 0.3) is 0 Å². The van der Waals surface area contributed by atoms with Crippen LogP contribution in [0.25, 0.3) is 0 Å². The second-order valence-electron chi connectivity index (χ2n) is 9.44. The van der Waals surface area contributed by atoms with E-state index in [2.05, 4.69) is 58.6 Å². The first-order valence-corrected chi connectivity index (χ1v) is 11.0. The van der Waals surface area contributed by atoms with Crippen molar-refractivity contribution in [2.45, 2.75) is 64.4 Å². The van der Waals surface area contributed by atoms with Crippen molar-refractivity contribution in [1.29, 1.82) is 0 Å². The summed E-state index contributed by atoms with van der Waals surface area (Å²) in [7, 11) is 1.84. The third-order valence-corrected chi connectivity index (χ3v) is 7.06. The largest absolute Gasteiger partial charge is 0.393 e. The Balaban J connectivity index is 0.00000256. The Labute approximate surface area is 197 Å². The van der Waals surface area contributed by atoms with Crippen molar-refractivity contribution in [3.63, 3.8) is 0 Å². The predicted molar refractivity (Wildman–Crippen MR) is 131 cm³/mol. The Morgan fingerprint density at radius 1 is 1.17 bits per heavy atom. The Morgan fingerprint density at radius 3 is 2.50 bits per heavy atom. The first-order valence-electron chi connectivity index (χ1n) is 11.0. The van der Waals surface area contributed by atoms with Gasteiger partial charge in [0.05, 0.1) is 12.2 Å². The molecule has 1 aromatic rings. The van der Waals surface area contributed by atoms with Gasteiger partial charge in [0.15, 0.2) is 5.96 Å². The fourth-order valence-electron chi connectivity index (χ4n) is 5.24. The quantitative estimate of drug-likeness (QED) is 0.312. The number of guanidine groups is 1. The first-order chi connectivity index (χ1) is 14.0. The average molecular weight is 528 g/mol. The molecule has 30 heavy (non-hydrogen) atoms. The number of ether oxygens (including phenoxy) is 1. The molecule has 1 aromatic carbocycles. The Bertz CT molecular complexity index is 716. The molecule has 3 N–H and O–H groups in total. The van der Waals surface area contributed by atoms with Crippen molar-refractivity contribution in [2.75, 3.05) is 26.7 Å². The molecule has 3 atom stereocenters. The molecule has 1 aliphatic carbocycles. The number of hydrogen-bond acceptors (Lipinski definition) is 4. The summed E-state index contributed by atoms with van der Waals surface area (Å²) in [5, 5.41) is 16.8. The van der Waals surface area contributed by atoms with Crippen LogP contribution in [0.5, 0.6) is 0 Å². The lowest BCUT2D eigenvalue weighted by molar-refractivity contribution is -0.106. The van der Waals surface area contributed by atoms with Gasteiger partial charge >= 0.3 is 0 Å². The maximum Gasteiger partial charge on any atom is 0.191 e. The maximum atomic E-state index is 9.65. The minimum atomic E-state index is -0.111. The van der Waals surface area contributed by atoms with E-state index in [1.165, 1.54) is 11.1 Å². The van der Waals surface area contributed by atoms with E-state index in [4.69, 9.17) is 4.74 Å². The highest BCUT2D eigenvalue weighted by Gasteiger charge is 2.59. The fraction of sp³-hybridized carbons (Fsp3) is 0.696. The zero-order valence-electron chi connectivity index (χ0n) is 18.4. The van der Waals surface area contributed by atoms with E-state index in [1.54, 1.807) is 0 Å². The predicted octanol–water partition coefficient (Wildman–Crippen LogP) is 2.74. The summed E-state index contributed by atoms with van der Waals surface area (Å²) in [5.74, 6) is 1.46. The van der Waals surface area contributed by atoms with Crippen LogP contribution in [0, 0.1) is 11.3 Å². The molecule has 0 aromatic heterocycles. The van der Waals surface area contributed by atoms with Crippen molar-refractivity contribution < 1.29 is 9.84 Å². The smallest absolute Gasteiger partial charge is 0.191 e. The number of nitrogens with zero attached hydrogens (tertiary/aromatic N) is 2. The Hall–Kier alpha value is -0.900. The van der Waals surface area contributed by atoms with Gasteiger partial charge < -0.3 is 20.5 Å². The van der Waals surface area contributed by atoms with Gasteiger partial charge in [-0.1, -0.05) is 38.1 Å². The number of aliphatic hydroxyl groups excluding tert-OH is 1. The van der Waals surface area contributed by atoms with Crippen LogP contribution in [0.4, 0.5) is 0 Å². The molecule has 2 aliphatic heterocycles. The van der Waals surface area contributed by atoms with Gasteiger partial charge in [-0.3, -0.25) is 9.89 Å². The summed E-state index contributed by atoms with van der Waals surface area (Å²) in [6.45, 7) is 9.14. The minimum Gasteiger partial charge on any atom is -0.393 e. The molecule has 3 unspecified atom stereocenters. The van der Waals surface area contributed by atoms with Crippen LogP contribution >= 0.6 is 24.0 Å². The van der Waals surface area contributed by atoms with Crippen LogP contribution < -0.4 is 10.6 Å². The lowest BCUT2D eigenvalue weighted by Crippen LogP contribution is -2.67. The minimum absolute atomic E-state index is 0. The van der Waals surface area contributed by atoms with Gasteiger partial charge in [0, 0.05) is 57.2 Å². The van der Waals surface area contributed by atoms with Crippen LogP contribution in [0.1, 0.15) is 44.2 Å². The van der Waals surface area contributed by atoms with Crippen molar-refractivity contribution in [2.24, 2.45) is 16.3 Å². The van der Waals surface area contributed by atoms with Crippen LogP contribution in [0.3, 0.4) is 0 Å². The van der Waals surface area contributed by atoms with E-state index in [9.17, 15) is 5.11 Å². The van der Waals surface area contributed by atoms with E-state index >= 15 is 0 Å². The lowest BCUT2D eigenvalue weighted by atomic mass is 9.57. The molecule has 3 fully saturated rings. The molecule has 2 saturated heterocycles. The van der Waals surface area contributed by atoms with Crippen molar-refractivity contribution in [3.05, 3.63) is 35.4 Å². The second kappa shape index (κ2) is 10.1. The molecular weight excluding hydrogens is 491 g/mol. The van der Waals surface area contributed by atoms with Crippen LogP contribution in [-0.2, 0) is 17.8 Å². The molecule has 0 amide bonds. The lowest BCUT2D eigenvalue weighted by Gasteiger charge is -2.54. The van der Waals surface area contributed by atoms with Crippen LogP contribution in [0.2, 0.25) is 0 Å². The average Bonchev–Trinajstić information content (AvgIpc) is 3.18. The number of hydrogen-bond donors (Lipinski definition) is 3. The van der Waals surface area contributed by atoms with Gasteiger partial charge in [-0.15, -0.1) is 24.0 Å². The van der Waals surface area contributed by atoms with E-state index < -0.39 is 0 Å². The molecular formula is C23H37IN4O2. The van der Waals surface area contributed by atoms with Crippen molar-refractivity contribution in [3.8, 4) is 0 Å². The summed E-state index contributed by atoms with van der Waals surface area (Å²) in [6.07, 6.45) is 3.19. The molecule has 1 saturated carbocycles. The fourth-order valence-corrected chi connectivity index (χ4v) is 5.24. The number of rotatable bonds is 5. The number of aliphatic hydroxyl groups is 1. The van der Waals surface area contributed by atoms with Gasteiger partial charge in [-0.25, -0.2) is 0 Å². The highest BCUT2D eigenvalue weighted by atomic mass is 127. The standard InChI is InChI=1S/C23H36N4O2.HI/c1-23(2)20(19-10-13-29-21(19)23)26-22(24-3)25-14-16-4-6-17(7-5-16)15-27-11-8-18(28)9-12-27;/h4-7,18-21,28H,8-15H2,1-3H3,(H2,24,25,26);1H. The molecule has 0 radical (unpaired) electrons. The Morgan fingerprint density at radius 2 is 1.83 bits per heavy atom. The van der Waals surface area contributed by atoms with Crippen LogP contribution in [-0.4, -0.2) is 61.0 Å². The number of fused-ring (bicyclic) bond motifs is 1. The highest BCUT2D eigenvalue weighted by Crippen LogP contribution is 2.52. The summed E-state index contributed by atoms with van der Waals surface area (Å²) in [6, 6.07) is 9.23. The van der Waals surface area contributed by atoms with Gasteiger partial charge in [0.2, 0.25) is 0 Å². The molecule has 0 spiro atoms. The number of aliphatic imine (C=N–C) groups is 1. The Kier molecular flexibility index (Phi) is 8.03. The first kappa shape index (κ1) is 23.8. The number of nitrogens with one attached hydrogen (secondary N) is 2. The molecule has 0 bridgehead atoms. The van der Waals surface area contributed by atoms with E-state index in [0.29, 0.717) is 18.1 Å². The third-order valence-electron chi connectivity index (χ3n) is 7.06. The number of benzene rings is 1. The molecule has 4 rings (SSSR count). The number of likely N-dealkylation sites (tertiary alicyclic amines) is 1. The third kappa shape index (κ3) is 5.11. The van der Waals surface area contributed by atoms with Crippen LogP contribution in [0.15, 0.2) is 29.3 Å². The number of piperidine rings is 1. The molecule has 168 valence electrons. The monoisotopic (exact) mass is 528 g/mol. The zero-order chi connectivity index (χ0) is 20.4. The van der Waals surface area contributed by atoms with E-state index in [1.807, 2.05) is 7.05 Å². The van der Waals surface area contributed by atoms with Crippen molar-refractivity contribution in [1.82, 2.24) is 15.5 Å². The highest BCUT2D eigenvalue weighted by molar-refractivity contribution is 14.0. The summed E-state index contributed by atoms with van der Waals surface area (Å²) in [5.41, 5.74) is 2.72. The van der Waals surface area contributed by atoms with E-state index in [-0.39, 0.29) is 35.5 Å². The van der Waals surface area contributed by atoms with Gasteiger partial charge in [0.1, 0.15) is 0 Å². The van der Waals surface area contributed by atoms with Gasteiger partial charge in [-0.2, -0.15) is 0 Å². The van der Waals surface area contributed by atoms with Crippen molar-refractivity contribution >= 4 is 29.9 Å². The second-order valence-corrected chi connectivity index (χ2v) is 9.44. The summed E-state index contributed by atoms with van der Waals surface area (Å²) in [4.78, 5) is 6.85. The molecule has 7 heteroatoms. The summed E-state index contributed by atoms with van der Waals surface area (Å²) >= 11 is 0. The topological polar surface area (TPSA) is 69.1 Å². The molecule has 2 heterocycles. The molecule has 6 nitrogen and oxygen atoms in total. The number of halogens is 1. The zero-order valence-corrected chi connectivity index (χ0v) is 20.8. The van der Waals surface area contributed by atoms with E-state index in [0.717, 1.165) is 58.0 Å². The molecule has 3 aliphatic rings. The normalized spacial score (nSPS) is 28.9. The summed E-state index contributed by atoms with van der Waals surface area (Å²) < 4.78 is 5.90. The maximum absolute atomic E-state index is 9.65. The SMILES string of the molecule is CN=C(NCc1ccc(CN2CCC(O)CC2)cc1)NC1C2CCOC2C1(C)C.I.